The fourth-order valence-electron chi connectivity index (χ4n) is 3.22. The minimum atomic E-state index is -0.912. The van der Waals surface area contributed by atoms with Crippen molar-refractivity contribution in [3.05, 3.63) is 59.7 Å². The number of carbonyl (C=O) groups excluding carboxylic acids is 2. The van der Waals surface area contributed by atoms with Gasteiger partial charge in [-0.25, -0.2) is 0 Å². The summed E-state index contributed by atoms with van der Waals surface area (Å²) in [6.07, 6.45) is 0. The Morgan fingerprint density at radius 2 is 1.78 bits per heavy atom. The summed E-state index contributed by atoms with van der Waals surface area (Å²) < 4.78 is 0. The SMILES string of the molecule is CC(C)c1ccc(CSCC(=O)N2c3ccccc3NC(=O)C2(C)C)cc1. The number of carbonyl (C=O) groups is 2. The van der Waals surface area contributed by atoms with E-state index >= 15 is 0 Å². The zero-order valence-corrected chi connectivity index (χ0v) is 17.1. The molecule has 2 aromatic carbocycles. The molecule has 142 valence electrons. The van der Waals surface area contributed by atoms with E-state index in [0.717, 1.165) is 11.4 Å². The van der Waals surface area contributed by atoms with Crippen molar-refractivity contribution in [2.24, 2.45) is 0 Å². The number of hydrogen-bond acceptors (Lipinski definition) is 3. The van der Waals surface area contributed by atoms with Gasteiger partial charge in [0.2, 0.25) is 11.8 Å². The van der Waals surface area contributed by atoms with Gasteiger partial charge in [-0.3, -0.25) is 14.5 Å². The summed E-state index contributed by atoms with van der Waals surface area (Å²) in [5.41, 5.74) is 3.05. The van der Waals surface area contributed by atoms with Gasteiger partial charge in [0, 0.05) is 5.75 Å². The van der Waals surface area contributed by atoms with Gasteiger partial charge >= 0.3 is 0 Å². The molecule has 0 radical (unpaired) electrons. The summed E-state index contributed by atoms with van der Waals surface area (Å²) in [7, 11) is 0. The van der Waals surface area contributed by atoms with Gasteiger partial charge in [0.1, 0.15) is 5.54 Å². The molecule has 1 aliphatic rings. The Bertz CT molecular complexity index is 844. The maximum absolute atomic E-state index is 13.0. The summed E-state index contributed by atoms with van der Waals surface area (Å²) in [6.45, 7) is 7.92. The second-order valence-electron chi connectivity index (χ2n) is 7.65. The summed E-state index contributed by atoms with van der Waals surface area (Å²) in [4.78, 5) is 27.1. The molecule has 4 nitrogen and oxygen atoms in total. The number of para-hydroxylation sites is 2. The van der Waals surface area contributed by atoms with Crippen molar-refractivity contribution in [3.8, 4) is 0 Å². The first-order chi connectivity index (χ1) is 12.8. The molecule has 0 unspecified atom stereocenters. The lowest BCUT2D eigenvalue weighted by Crippen LogP contribution is -2.58. The van der Waals surface area contributed by atoms with E-state index in [0.29, 0.717) is 17.4 Å². The highest BCUT2D eigenvalue weighted by molar-refractivity contribution is 7.99. The fourth-order valence-corrected chi connectivity index (χ4v) is 4.05. The van der Waals surface area contributed by atoms with Gasteiger partial charge in [0.15, 0.2) is 0 Å². The Morgan fingerprint density at radius 1 is 1.11 bits per heavy atom. The molecule has 2 aromatic rings. The van der Waals surface area contributed by atoms with Crippen molar-refractivity contribution in [2.45, 2.75) is 44.9 Å². The van der Waals surface area contributed by atoms with Crippen molar-refractivity contribution in [3.63, 3.8) is 0 Å². The van der Waals surface area contributed by atoms with Crippen LogP contribution in [0.15, 0.2) is 48.5 Å². The van der Waals surface area contributed by atoms with Crippen LogP contribution in [-0.4, -0.2) is 23.1 Å². The van der Waals surface area contributed by atoms with Crippen molar-refractivity contribution in [2.75, 3.05) is 16.0 Å². The Balaban J connectivity index is 1.69. The molecule has 2 amide bonds. The van der Waals surface area contributed by atoms with Crippen LogP contribution in [0.2, 0.25) is 0 Å². The molecule has 5 heteroatoms. The molecule has 0 atom stereocenters. The second-order valence-corrected chi connectivity index (χ2v) is 8.63. The Kier molecular flexibility index (Phi) is 5.61. The maximum atomic E-state index is 13.0. The monoisotopic (exact) mass is 382 g/mol. The molecule has 27 heavy (non-hydrogen) atoms. The van der Waals surface area contributed by atoms with Gasteiger partial charge in [0.05, 0.1) is 17.1 Å². The predicted octanol–water partition coefficient (Wildman–Crippen LogP) is 4.81. The predicted molar refractivity (Wildman–Crippen MR) is 113 cm³/mol. The Morgan fingerprint density at radius 3 is 2.44 bits per heavy atom. The molecule has 0 aliphatic carbocycles. The molecule has 3 rings (SSSR count). The molecule has 0 saturated heterocycles. The average Bonchev–Trinajstić information content (AvgIpc) is 2.63. The Hall–Kier alpha value is -2.27. The number of anilines is 2. The van der Waals surface area contributed by atoms with E-state index in [1.54, 1.807) is 30.5 Å². The van der Waals surface area contributed by atoms with Crippen LogP contribution in [0.25, 0.3) is 0 Å². The number of fused-ring (bicyclic) bond motifs is 1. The summed E-state index contributed by atoms with van der Waals surface area (Å²) >= 11 is 1.58. The first-order valence-corrected chi connectivity index (χ1v) is 10.4. The number of nitrogens with one attached hydrogen (secondary N) is 1. The van der Waals surface area contributed by atoms with E-state index in [9.17, 15) is 9.59 Å². The zero-order chi connectivity index (χ0) is 19.6. The summed E-state index contributed by atoms with van der Waals surface area (Å²) in [5, 5.41) is 2.89. The van der Waals surface area contributed by atoms with E-state index in [-0.39, 0.29) is 11.8 Å². The number of amides is 2. The van der Waals surface area contributed by atoms with Gasteiger partial charge < -0.3 is 5.32 Å². The number of benzene rings is 2. The molecule has 0 saturated carbocycles. The van der Waals surface area contributed by atoms with Gasteiger partial charge in [0.25, 0.3) is 0 Å². The normalized spacial score (nSPS) is 15.4. The highest BCUT2D eigenvalue weighted by atomic mass is 32.2. The zero-order valence-electron chi connectivity index (χ0n) is 16.3. The average molecular weight is 383 g/mol. The fraction of sp³-hybridized carbons (Fsp3) is 0.364. The molecular formula is C22H26N2O2S. The van der Waals surface area contributed by atoms with E-state index in [2.05, 4.69) is 43.4 Å². The minimum Gasteiger partial charge on any atom is -0.322 e. The van der Waals surface area contributed by atoms with E-state index in [1.165, 1.54) is 11.1 Å². The van der Waals surface area contributed by atoms with E-state index in [4.69, 9.17) is 0 Å². The van der Waals surface area contributed by atoms with Gasteiger partial charge in [-0.05, 0) is 43.0 Å². The highest BCUT2D eigenvalue weighted by Crippen LogP contribution is 2.37. The smallest absolute Gasteiger partial charge is 0.250 e. The van der Waals surface area contributed by atoms with Gasteiger partial charge in [-0.1, -0.05) is 50.2 Å². The number of thioether (sulfide) groups is 1. The minimum absolute atomic E-state index is 0.0499. The molecule has 0 fully saturated rings. The van der Waals surface area contributed by atoms with Crippen LogP contribution in [0.4, 0.5) is 11.4 Å². The van der Waals surface area contributed by atoms with Crippen LogP contribution in [0, 0.1) is 0 Å². The van der Waals surface area contributed by atoms with Crippen molar-refractivity contribution in [1.82, 2.24) is 0 Å². The molecule has 1 aliphatic heterocycles. The Labute approximate surface area is 165 Å². The molecule has 1 heterocycles. The molecule has 1 N–H and O–H groups in total. The third-order valence-corrected chi connectivity index (χ3v) is 5.89. The van der Waals surface area contributed by atoms with Crippen LogP contribution < -0.4 is 10.2 Å². The van der Waals surface area contributed by atoms with Crippen LogP contribution in [0.3, 0.4) is 0 Å². The first-order valence-electron chi connectivity index (χ1n) is 9.21. The van der Waals surface area contributed by atoms with Crippen LogP contribution in [0.5, 0.6) is 0 Å². The first kappa shape index (κ1) is 19.5. The van der Waals surface area contributed by atoms with E-state index < -0.39 is 5.54 Å². The quantitative estimate of drug-likeness (QED) is 0.807. The number of nitrogens with zero attached hydrogens (tertiary/aromatic N) is 1. The van der Waals surface area contributed by atoms with Crippen molar-refractivity contribution >= 4 is 35.0 Å². The lowest BCUT2D eigenvalue weighted by molar-refractivity contribution is -0.125. The van der Waals surface area contributed by atoms with Crippen LogP contribution >= 0.6 is 11.8 Å². The lowest BCUT2D eigenvalue weighted by atomic mass is 9.96. The van der Waals surface area contributed by atoms with E-state index in [1.807, 2.05) is 24.3 Å². The van der Waals surface area contributed by atoms with Crippen molar-refractivity contribution < 1.29 is 9.59 Å². The topological polar surface area (TPSA) is 49.4 Å². The van der Waals surface area contributed by atoms with Crippen LogP contribution in [0.1, 0.15) is 44.7 Å². The lowest BCUT2D eigenvalue weighted by Gasteiger charge is -2.42. The molecule has 0 bridgehead atoms. The third kappa shape index (κ3) is 4.03. The number of rotatable bonds is 5. The third-order valence-electron chi connectivity index (χ3n) is 4.90. The van der Waals surface area contributed by atoms with Crippen LogP contribution in [-0.2, 0) is 15.3 Å². The molecule has 0 spiro atoms. The highest BCUT2D eigenvalue weighted by Gasteiger charge is 2.43. The number of hydrogen-bond donors (Lipinski definition) is 1. The van der Waals surface area contributed by atoms with Gasteiger partial charge in [-0.2, -0.15) is 0 Å². The summed E-state index contributed by atoms with van der Waals surface area (Å²) in [6, 6.07) is 16.0. The largest absolute Gasteiger partial charge is 0.322 e. The second kappa shape index (κ2) is 7.77. The van der Waals surface area contributed by atoms with Gasteiger partial charge in [-0.15, -0.1) is 11.8 Å². The maximum Gasteiger partial charge on any atom is 0.250 e. The molecular weight excluding hydrogens is 356 g/mol. The van der Waals surface area contributed by atoms with Crippen molar-refractivity contribution in [1.29, 1.82) is 0 Å². The standard InChI is InChI=1S/C22H26N2O2S/c1-15(2)17-11-9-16(10-12-17)13-27-14-20(25)24-19-8-6-5-7-18(19)23-21(26)22(24,3)4/h5-12,15H,13-14H2,1-4H3,(H,23,26). The molecule has 0 aromatic heterocycles. The summed E-state index contributed by atoms with van der Waals surface area (Å²) in [5.74, 6) is 1.40.